The summed E-state index contributed by atoms with van der Waals surface area (Å²) in [6.07, 6.45) is 0. The molecule has 8 heteroatoms. The molecule has 0 saturated carbocycles. The summed E-state index contributed by atoms with van der Waals surface area (Å²) in [5.41, 5.74) is 0. The lowest BCUT2D eigenvalue weighted by molar-refractivity contribution is -0.975. The Morgan fingerprint density at radius 3 is 0.824 bits per heavy atom. The SMILES string of the molecule is OCC(CO)[NH+](C(CO)CO)C(CO)CO.[Cl-]. The van der Waals surface area contributed by atoms with Gasteiger partial charge in [-0.2, -0.15) is 0 Å². The summed E-state index contributed by atoms with van der Waals surface area (Å²) in [6.45, 7) is -2.17. The van der Waals surface area contributed by atoms with Gasteiger partial charge in [0.2, 0.25) is 0 Å². The van der Waals surface area contributed by atoms with Crippen LogP contribution >= 0.6 is 0 Å². The zero-order valence-corrected chi connectivity index (χ0v) is 10.3. The Labute approximate surface area is 106 Å². The minimum absolute atomic E-state index is 0. The molecule has 0 bridgehead atoms. The Balaban J connectivity index is 0. The van der Waals surface area contributed by atoms with Crippen LogP contribution in [0.1, 0.15) is 0 Å². The van der Waals surface area contributed by atoms with Gasteiger partial charge in [0.15, 0.2) is 0 Å². The first-order chi connectivity index (χ1) is 7.69. The minimum Gasteiger partial charge on any atom is -1.00 e. The topological polar surface area (TPSA) is 126 Å². The molecule has 0 aliphatic heterocycles. The maximum Gasteiger partial charge on any atom is 0.135 e. The molecule has 0 aromatic rings. The standard InChI is InChI=1S/C9H21NO6.ClH/c11-1-7(2-12)10(8(3-13)4-14)9(5-15)6-16;/h7-9,11-16H,1-6H2;1H. The quantitative estimate of drug-likeness (QED) is 0.224. The number of halogens is 1. The van der Waals surface area contributed by atoms with Crippen molar-refractivity contribution in [3.05, 3.63) is 0 Å². The fourth-order valence-corrected chi connectivity index (χ4v) is 1.81. The Morgan fingerprint density at radius 1 is 0.529 bits per heavy atom. The minimum atomic E-state index is -0.659. The highest BCUT2D eigenvalue weighted by atomic mass is 35.5. The third kappa shape index (κ3) is 5.45. The van der Waals surface area contributed by atoms with Crippen molar-refractivity contribution in [2.75, 3.05) is 39.6 Å². The van der Waals surface area contributed by atoms with Crippen molar-refractivity contribution < 1.29 is 47.9 Å². The largest absolute Gasteiger partial charge is 1.00 e. The second-order valence-electron chi connectivity index (χ2n) is 3.69. The van der Waals surface area contributed by atoms with E-state index in [4.69, 9.17) is 30.6 Å². The molecule has 0 spiro atoms. The molecule has 106 valence electrons. The molecule has 0 fully saturated rings. The molecule has 0 aliphatic rings. The van der Waals surface area contributed by atoms with Crippen LogP contribution in [0.4, 0.5) is 0 Å². The van der Waals surface area contributed by atoms with E-state index in [2.05, 4.69) is 0 Å². The van der Waals surface area contributed by atoms with Crippen molar-refractivity contribution in [2.45, 2.75) is 18.1 Å². The molecule has 0 radical (unpaired) electrons. The van der Waals surface area contributed by atoms with Gasteiger partial charge in [-0.15, -0.1) is 0 Å². The molecule has 0 aromatic heterocycles. The van der Waals surface area contributed by atoms with Crippen LogP contribution in [-0.4, -0.2) is 88.4 Å². The molecule has 0 atom stereocenters. The Hall–Kier alpha value is 0.01000. The molecular formula is C9H22ClNO6. The number of hydrogen-bond acceptors (Lipinski definition) is 6. The van der Waals surface area contributed by atoms with E-state index in [1.54, 1.807) is 0 Å². The molecule has 0 unspecified atom stereocenters. The van der Waals surface area contributed by atoms with Gasteiger partial charge in [-0.3, -0.25) is 0 Å². The highest BCUT2D eigenvalue weighted by molar-refractivity contribution is 4.63. The lowest BCUT2D eigenvalue weighted by Crippen LogP contribution is -3.25. The van der Waals surface area contributed by atoms with Gasteiger partial charge < -0.3 is 47.9 Å². The molecule has 0 aromatic carbocycles. The van der Waals surface area contributed by atoms with Crippen LogP contribution < -0.4 is 17.3 Å². The Morgan fingerprint density at radius 2 is 0.706 bits per heavy atom. The van der Waals surface area contributed by atoms with Gasteiger partial charge in [-0.1, -0.05) is 0 Å². The van der Waals surface area contributed by atoms with E-state index < -0.39 is 18.1 Å². The van der Waals surface area contributed by atoms with Gasteiger partial charge in [0.1, 0.15) is 18.1 Å². The predicted molar refractivity (Wildman–Crippen MR) is 54.8 cm³/mol. The second-order valence-corrected chi connectivity index (χ2v) is 3.69. The Bertz CT molecular complexity index is 135. The average Bonchev–Trinajstić information content (AvgIpc) is 2.33. The first-order valence-electron chi connectivity index (χ1n) is 5.21. The highest BCUT2D eigenvalue weighted by Gasteiger charge is 2.34. The number of nitrogens with one attached hydrogen (secondary N) is 1. The average molecular weight is 276 g/mol. The molecular weight excluding hydrogens is 254 g/mol. The summed E-state index contributed by atoms with van der Waals surface area (Å²) in [7, 11) is 0. The smallest absolute Gasteiger partial charge is 0.135 e. The molecule has 0 aliphatic carbocycles. The molecule has 0 saturated heterocycles. The van der Waals surface area contributed by atoms with E-state index in [0.29, 0.717) is 4.90 Å². The fourth-order valence-electron chi connectivity index (χ4n) is 1.81. The predicted octanol–water partition coefficient (Wildman–Crippen LogP) is -8.07. The maximum atomic E-state index is 9.07. The lowest BCUT2D eigenvalue weighted by atomic mass is 10.1. The summed E-state index contributed by atoms with van der Waals surface area (Å²) >= 11 is 0. The lowest BCUT2D eigenvalue weighted by Gasteiger charge is -2.36. The van der Waals surface area contributed by atoms with Crippen molar-refractivity contribution in [3.63, 3.8) is 0 Å². The molecule has 0 rings (SSSR count). The van der Waals surface area contributed by atoms with E-state index in [-0.39, 0.29) is 52.0 Å². The molecule has 17 heavy (non-hydrogen) atoms. The van der Waals surface area contributed by atoms with Crippen LogP contribution in [-0.2, 0) is 0 Å². The normalized spacial score (nSPS) is 11.6. The summed E-state index contributed by atoms with van der Waals surface area (Å²) in [4.78, 5) is 0.403. The Kier molecular flexibility index (Phi) is 12.7. The molecule has 0 heterocycles. The van der Waals surface area contributed by atoms with Crippen molar-refractivity contribution in [1.29, 1.82) is 0 Å². The van der Waals surface area contributed by atoms with Crippen LogP contribution in [0.2, 0.25) is 0 Å². The van der Waals surface area contributed by atoms with E-state index in [9.17, 15) is 0 Å². The maximum absolute atomic E-state index is 9.07. The van der Waals surface area contributed by atoms with Gasteiger partial charge in [-0.25, -0.2) is 0 Å². The van der Waals surface area contributed by atoms with Crippen LogP contribution in [0.25, 0.3) is 0 Å². The first-order valence-corrected chi connectivity index (χ1v) is 5.21. The summed E-state index contributed by atoms with van der Waals surface area (Å²) in [5, 5.41) is 54.4. The third-order valence-electron chi connectivity index (χ3n) is 2.74. The number of aliphatic hydroxyl groups excluding tert-OH is 6. The van der Waals surface area contributed by atoms with E-state index in [1.807, 2.05) is 0 Å². The molecule has 0 amide bonds. The zero-order chi connectivity index (χ0) is 12.6. The zero-order valence-electron chi connectivity index (χ0n) is 9.54. The van der Waals surface area contributed by atoms with Crippen molar-refractivity contribution in [3.8, 4) is 0 Å². The summed E-state index contributed by atoms with van der Waals surface area (Å²) in [6, 6.07) is -1.98. The van der Waals surface area contributed by atoms with Gasteiger partial charge in [0.25, 0.3) is 0 Å². The van der Waals surface area contributed by atoms with Crippen LogP contribution in [0.15, 0.2) is 0 Å². The van der Waals surface area contributed by atoms with E-state index in [0.717, 1.165) is 0 Å². The molecule has 7 nitrogen and oxygen atoms in total. The summed E-state index contributed by atoms with van der Waals surface area (Å²) in [5.74, 6) is 0. The summed E-state index contributed by atoms with van der Waals surface area (Å²) < 4.78 is 0. The van der Waals surface area contributed by atoms with E-state index in [1.165, 1.54) is 0 Å². The fraction of sp³-hybridized carbons (Fsp3) is 1.00. The second kappa shape index (κ2) is 11.1. The number of hydrogen-bond donors (Lipinski definition) is 7. The number of quaternary nitrogens is 1. The van der Waals surface area contributed by atoms with Gasteiger partial charge in [-0.05, 0) is 0 Å². The number of aliphatic hydroxyl groups is 6. The van der Waals surface area contributed by atoms with Crippen molar-refractivity contribution >= 4 is 0 Å². The van der Waals surface area contributed by atoms with Gasteiger partial charge in [0, 0.05) is 0 Å². The van der Waals surface area contributed by atoms with Crippen LogP contribution in [0, 0.1) is 0 Å². The van der Waals surface area contributed by atoms with E-state index >= 15 is 0 Å². The molecule has 7 N–H and O–H groups in total. The first kappa shape index (κ1) is 19.4. The third-order valence-corrected chi connectivity index (χ3v) is 2.74. The monoisotopic (exact) mass is 275 g/mol. The van der Waals surface area contributed by atoms with Crippen LogP contribution in [0.5, 0.6) is 0 Å². The van der Waals surface area contributed by atoms with Crippen molar-refractivity contribution in [2.24, 2.45) is 0 Å². The van der Waals surface area contributed by atoms with Gasteiger partial charge in [0.05, 0.1) is 39.6 Å². The van der Waals surface area contributed by atoms with Crippen molar-refractivity contribution in [1.82, 2.24) is 0 Å². The highest BCUT2D eigenvalue weighted by Crippen LogP contribution is 1.86. The van der Waals surface area contributed by atoms with Gasteiger partial charge >= 0.3 is 0 Å². The van der Waals surface area contributed by atoms with Crippen LogP contribution in [0.3, 0.4) is 0 Å². The number of rotatable bonds is 9.